The predicted octanol–water partition coefficient (Wildman–Crippen LogP) is 0.351. The maximum Gasteiger partial charge on any atom is 0.232 e. The Kier molecular flexibility index (Phi) is 4.53. The van der Waals surface area contributed by atoms with Crippen LogP contribution in [0.5, 0.6) is 0 Å². The highest BCUT2D eigenvalue weighted by atomic mass is 32.2. The number of nitrogens with zero attached hydrogens (tertiary/aromatic N) is 1. The molecule has 1 aromatic rings. The lowest BCUT2D eigenvalue weighted by Crippen LogP contribution is -2.36. The molecule has 0 aliphatic carbocycles. The van der Waals surface area contributed by atoms with Crippen LogP contribution in [0.3, 0.4) is 0 Å². The fraction of sp³-hybridized carbons (Fsp3) is 0.300. The third-order valence-electron chi connectivity index (χ3n) is 2.25. The fourth-order valence-corrected chi connectivity index (χ4v) is 2.46. The number of hydrogen-bond donors (Lipinski definition) is 1. The highest BCUT2D eigenvalue weighted by Gasteiger charge is 2.22. The van der Waals surface area contributed by atoms with E-state index < -0.39 is 45.7 Å². The van der Waals surface area contributed by atoms with Crippen molar-refractivity contribution in [3.05, 3.63) is 35.1 Å². The van der Waals surface area contributed by atoms with Crippen LogP contribution in [-0.2, 0) is 20.6 Å². The van der Waals surface area contributed by atoms with Crippen molar-refractivity contribution < 1.29 is 26.4 Å². The van der Waals surface area contributed by atoms with Crippen LogP contribution in [0.2, 0.25) is 0 Å². The topological polar surface area (TPSA) is 80.5 Å². The quantitative estimate of drug-likeness (QED) is 0.796. The van der Waals surface area contributed by atoms with Crippen LogP contribution in [0.15, 0.2) is 12.1 Å². The lowest BCUT2D eigenvalue weighted by atomic mass is 10.2. The van der Waals surface area contributed by atoms with Crippen LogP contribution < -0.4 is 5.73 Å². The Bertz CT molecular complexity index is 581. The summed E-state index contributed by atoms with van der Waals surface area (Å²) in [7, 11) is -2.88. The van der Waals surface area contributed by atoms with Crippen LogP contribution in [0.25, 0.3) is 0 Å². The number of halogens is 3. The average molecular weight is 296 g/mol. The van der Waals surface area contributed by atoms with Gasteiger partial charge in [-0.2, -0.15) is 4.31 Å². The molecule has 1 rings (SSSR count). The summed E-state index contributed by atoms with van der Waals surface area (Å²) in [5, 5.41) is 0. The zero-order valence-corrected chi connectivity index (χ0v) is 10.7. The van der Waals surface area contributed by atoms with Crippen LogP contribution in [-0.4, -0.2) is 32.2 Å². The van der Waals surface area contributed by atoms with Gasteiger partial charge in [-0.25, -0.2) is 21.6 Å². The van der Waals surface area contributed by atoms with Gasteiger partial charge in [0.25, 0.3) is 0 Å². The maximum atomic E-state index is 12.9. The van der Waals surface area contributed by atoms with E-state index in [0.29, 0.717) is 16.4 Å². The molecular weight excluding hydrogens is 285 g/mol. The van der Waals surface area contributed by atoms with Gasteiger partial charge in [-0.1, -0.05) is 0 Å². The smallest absolute Gasteiger partial charge is 0.232 e. The molecule has 0 saturated heterocycles. The molecule has 0 aromatic heterocycles. The van der Waals surface area contributed by atoms with Gasteiger partial charge in [0.15, 0.2) is 17.5 Å². The van der Waals surface area contributed by atoms with Crippen molar-refractivity contribution in [2.45, 2.75) is 5.75 Å². The Hall–Kier alpha value is -1.61. The van der Waals surface area contributed by atoms with E-state index in [-0.39, 0.29) is 5.56 Å². The van der Waals surface area contributed by atoms with Crippen molar-refractivity contribution in [3.8, 4) is 0 Å². The molecule has 0 saturated carbocycles. The van der Waals surface area contributed by atoms with Gasteiger partial charge in [0.1, 0.15) is 0 Å². The first-order valence-electron chi connectivity index (χ1n) is 4.99. The van der Waals surface area contributed by atoms with Crippen molar-refractivity contribution in [1.29, 1.82) is 0 Å². The molecule has 106 valence electrons. The molecular formula is C10H11F3N2O3S. The molecule has 1 aromatic carbocycles. The first kappa shape index (κ1) is 15.4. The van der Waals surface area contributed by atoms with E-state index in [1.807, 2.05) is 0 Å². The normalized spacial score (nSPS) is 11.8. The number of carbonyl (C=O) groups is 1. The fourth-order valence-electron chi connectivity index (χ4n) is 1.33. The molecule has 0 atom stereocenters. The number of primary amides is 1. The molecule has 0 fully saturated rings. The minimum Gasteiger partial charge on any atom is -0.369 e. The number of amides is 1. The number of carbonyl (C=O) groups excluding carboxylic acids is 1. The maximum absolute atomic E-state index is 12.9. The van der Waals surface area contributed by atoms with Crippen LogP contribution in [0.4, 0.5) is 13.2 Å². The molecule has 2 N–H and O–H groups in total. The minimum atomic E-state index is -3.98. The van der Waals surface area contributed by atoms with Crippen LogP contribution >= 0.6 is 0 Å². The highest BCUT2D eigenvalue weighted by Crippen LogP contribution is 2.16. The molecule has 1 amide bonds. The lowest BCUT2D eigenvalue weighted by Gasteiger charge is -2.15. The Morgan fingerprint density at radius 2 is 1.74 bits per heavy atom. The third kappa shape index (κ3) is 3.93. The van der Waals surface area contributed by atoms with Crippen LogP contribution in [0.1, 0.15) is 5.56 Å². The van der Waals surface area contributed by atoms with Gasteiger partial charge in [-0.05, 0) is 17.7 Å². The third-order valence-corrected chi connectivity index (χ3v) is 4.02. The van der Waals surface area contributed by atoms with Gasteiger partial charge in [0.05, 0.1) is 12.3 Å². The number of likely N-dealkylation sites (N-methyl/N-ethyl adjacent to an activating group) is 1. The van der Waals surface area contributed by atoms with E-state index in [1.54, 1.807) is 0 Å². The van der Waals surface area contributed by atoms with E-state index in [1.165, 1.54) is 0 Å². The SMILES string of the molecule is CN(CC(N)=O)S(=O)(=O)Cc1cc(F)c(F)c(F)c1. The molecule has 0 radical (unpaired) electrons. The predicted molar refractivity (Wildman–Crippen MR) is 60.8 cm³/mol. The van der Waals surface area contributed by atoms with Gasteiger partial charge >= 0.3 is 0 Å². The number of benzene rings is 1. The number of hydrogen-bond acceptors (Lipinski definition) is 3. The summed E-state index contributed by atoms with van der Waals surface area (Å²) >= 11 is 0. The Labute approximate surface area is 107 Å². The first-order valence-corrected chi connectivity index (χ1v) is 6.60. The van der Waals surface area contributed by atoms with Gasteiger partial charge in [-0.3, -0.25) is 4.79 Å². The second kappa shape index (κ2) is 5.57. The van der Waals surface area contributed by atoms with Gasteiger partial charge in [0.2, 0.25) is 15.9 Å². The standard InChI is InChI=1S/C10H11F3N2O3S/c1-15(4-9(14)16)19(17,18)5-6-2-7(11)10(13)8(12)3-6/h2-3H,4-5H2,1H3,(H2,14,16). The van der Waals surface area contributed by atoms with Crippen LogP contribution in [0, 0.1) is 17.5 Å². The zero-order chi connectivity index (χ0) is 14.8. The van der Waals surface area contributed by atoms with Crippen molar-refractivity contribution in [3.63, 3.8) is 0 Å². The van der Waals surface area contributed by atoms with Gasteiger partial charge < -0.3 is 5.73 Å². The second-order valence-electron chi connectivity index (χ2n) is 3.85. The van der Waals surface area contributed by atoms with E-state index in [9.17, 15) is 26.4 Å². The summed E-state index contributed by atoms with van der Waals surface area (Å²) in [6.07, 6.45) is 0. The zero-order valence-electron chi connectivity index (χ0n) is 9.86. The Balaban J connectivity index is 2.99. The Morgan fingerprint density at radius 1 is 1.26 bits per heavy atom. The van der Waals surface area contributed by atoms with E-state index in [0.717, 1.165) is 7.05 Å². The highest BCUT2D eigenvalue weighted by molar-refractivity contribution is 7.88. The minimum absolute atomic E-state index is 0.271. The summed E-state index contributed by atoms with van der Waals surface area (Å²) in [6.45, 7) is -0.561. The van der Waals surface area contributed by atoms with E-state index in [2.05, 4.69) is 0 Å². The van der Waals surface area contributed by atoms with E-state index >= 15 is 0 Å². The molecule has 19 heavy (non-hydrogen) atoms. The molecule has 0 aliphatic heterocycles. The summed E-state index contributed by atoms with van der Waals surface area (Å²) in [5.41, 5.74) is 4.57. The molecule has 0 spiro atoms. The molecule has 9 heteroatoms. The molecule has 0 unspecified atom stereocenters. The summed E-state index contributed by atoms with van der Waals surface area (Å²) < 4.78 is 62.7. The van der Waals surface area contributed by atoms with Gasteiger partial charge in [0, 0.05) is 7.05 Å². The number of sulfonamides is 1. The summed E-state index contributed by atoms with van der Waals surface area (Å²) in [6, 6.07) is 1.15. The van der Waals surface area contributed by atoms with E-state index in [4.69, 9.17) is 5.73 Å². The van der Waals surface area contributed by atoms with Gasteiger partial charge in [-0.15, -0.1) is 0 Å². The number of nitrogens with two attached hydrogens (primary N) is 1. The monoisotopic (exact) mass is 296 g/mol. The molecule has 0 heterocycles. The summed E-state index contributed by atoms with van der Waals surface area (Å²) in [4.78, 5) is 10.6. The summed E-state index contributed by atoms with van der Waals surface area (Å²) in [5.74, 6) is -6.29. The molecule has 0 bridgehead atoms. The Morgan fingerprint density at radius 3 is 2.16 bits per heavy atom. The van der Waals surface area contributed by atoms with Crippen molar-refractivity contribution >= 4 is 15.9 Å². The molecule has 0 aliphatic rings. The van der Waals surface area contributed by atoms with Crippen molar-refractivity contribution in [1.82, 2.24) is 4.31 Å². The average Bonchev–Trinajstić information content (AvgIpc) is 2.24. The molecule has 5 nitrogen and oxygen atoms in total. The lowest BCUT2D eigenvalue weighted by molar-refractivity contribution is -0.118. The van der Waals surface area contributed by atoms with Crippen molar-refractivity contribution in [2.24, 2.45) is 5.73 Å². The number of rotatable bonds is 5. The largest absolute Gasteiger partial charge is 0.369 e. The van der Waals surface area contributed by atoms with Crippen molar-refractivity contribution in [2.75, 3.05) is 13.6 Å². The first-order chi connectivity index (χ1) is 8.63. The second-order valence-corrected chi connectivity index (χ2v) is 5.93.